The zero-order valence-corrected chi connectivity index (χ0v) is 16.5. The van der Waals surface area contributed by atoms with E-state index in [1.807, 2.05) is 0 Å². The van der Waals surface area contributed by atoms with Crippen molar-refractivity contribution in [1.82, 2.24) is 0 Å². The Balaban J connectivity index is 2.26. The molecule has 1 N–H and O–H groups in total. The molecule has 3 aromatic carbocycles. The number of rotatable bonds is 4. The van der Waals surface area contributed by atoms with Crippen LogP contribution in [0.2, 0.25) is 0 Å². The highest BCUT2D eigenvalue weighted by atomic mass is 19.4. The largest absolute Gasteiger partial charge is 0.507 e. The molecule has 0 aromatic heterocycles. The van der Waals surface area contributed by atoms with Crippen molar-refractivity contribution in [2.75, 3.05) is 6.61 Å². The van der Waals surface area contributed by atoms with Gasteiger partial charge < -0.3 is 9.84 Å². The Morgan fingerprint density at radius 3 is 1.62 bits per heavy atom. The molecule has 0 spiro atoms. The van der Waals surface area contributed by atoms with Crippen LogP contribution in [0.15, 0.2) is 60.7 Å². The zero-order valence-electron chi connectivity index (χ0n) is 16.5. The van der Waals surface area contributed by atoms with E-state index in [1.165, 1.54) is 12.1 Å². The Morgan fingerprint density at radius 2 is 1.25 bits per heavy atom. The van der Waals surface area contributed by atoms with E-state index in [0.717, 1.165) is 48.5 Å². The average Bonchev–Trinajstić information content (AvgIpc) is 2.73. The van der Waals surface area contributed by atoms with Crippen molar-refractivity contribution in [2.24, 2.45) is 0 Å². The zero-order chi connectivity index (χ0) is 23.7. The van der Waals surface area contributed by atoms with E-state index in [-0.39, 0.29) is 34.4 Å². The molecule has 0 saturated carbocycles. The number of hydrogen-bond acceptors (Lipinski definition) is 3. The van der Waals surface area contributed by atoms with E-state index >= 15 is 0 Å². The number of phenolic OH excluding ortho intramolecular Hbond substituents is 1. The van der Waals surface area contributed by atoms with E-state index in [4.69, 9.17) is 4.74 Å². The van der Waals surface area contributed by atoms with Gasteiger partial charge in [0.1, 0.15) is 5.75 Å². The van der Waals surface area contributed by atoms with Crippen molar-refractivity contribution in [3.05, 3.63) is 77.4 Å². The maximum Gasteiger partial charge on any atom is 0.416 e. The molecule has 3 rings (SSSR count). The molecule has 3 nitrogen and oxygen atoms in total. The number of halogens is 6. The first kappa shape index (κ1) is 23.2. The molecule has 0 radical (unpaired) electrons. The molecule has 0 saturated heterocycles. The van der Waals surface area contributed by atoms with Gasteiger partial charge in [0.2, 0.25) is 0 Å². The molecular weight excluding hydrogens is 438 g/mol. The highest BCUT2D eigenvalue weighted by Crippen LogP contribution is 2.42. The molecule has 0 heterocycles. The summed E-state index contributed by atoms with van der Waals surface area (Å²) in [4.78, 5) is 12.3. The molecular formula is C23H16F6O3. The van der Waals surface area contributed by atoms with Crippen LogP contribution in [0, 0.1) is 0 Å². The predicted molar refractivity (Wildman–Crippen MR) is 105 cm³/mol. The molecule has 168 valence electrons. The number of hydrogen-bond donors (Lipinski definition) is 1. The van der Waals surface area contributed by atoms with Gasteiger partial charge in [0, 0.05) is 11.1 Å². The number of ether oxygens (including phenoxy) is 1. The molecule has 0 aliphatic heterocycles. The summed E-state index contributed by atoms with van der Waals surface area (Å²) in [6.07, 6.45) is -9.32. The fraction of sp³-hybridized carbons (Fsp3) is 0.174. The van der Waals surface area contributed by atoms with Gasteiger partial charge in [-0.25, -0.2) is 4.79 Å². The molecule has 0 fully saturated rings. The second-order valence-electron chi connectivity index (χ2n) is 6.80. The molecule has 0 aliphatic rings. The molecule has 3 aromatic rings. The summed E-state index contributed by atoms with van der Waals surface area (Å²) in [6, 6.07) is 10.3. The van der Waals surface area contributed by atoms with E-state index in [0.29, 0.717) is 0 Å². The van der Waals surface area contributed by atoms with E-state index < -0.39 is 35.2 Å². The van der Waals surface area contributed by atoms with Gasteiger partial charge in [-0.1, -0.05) is 24.3 Å². The summed E-state index contributed by atoms with van der Waals surface area (Å²) in [5.41, 5.74) is -2.57. The van der Waals surface area contributed by atoms with E-state index in [1.54, 1.807) is 6.92 Å². The fourth-order valence-electron chi connectivity index (χ4n) is 3.13. The van der Waals surface area contributed by atoms with Crippen LogP contribution in [-0.4, -0.2) is 17.7 Å². The Kier molecular flexibility index (Phi) is 6.20. The van der Waals surface area contributed by atoms with Gasteiger partial charge >= 0.3 is 18.3 Å². The first-order chi connectivity index (χ1) is 14.9. The van der Waals surface area contributed by atoms with Crippen LogP contribution in [0.1, 0.15) is 28.4 Å². The van der Waals surface area contributed by atoms with Crippen LogP contribution in [-0.2, 0) is 17.1 Å². The summed E-state index contributed by atoms with van der Waals surface area (Å²) in [5.74, 6) is -1.41. The van der Waals surface area contributed by atoms with E-state index in [9.17, 15) is 36.2 Å². The standard InChI is InChI=1S/C23H16F6O3/c1-2-32-21(31)15-11-18(13-5-3-7-16(9-13)22(24,25)26)20(30)19(12-15)14-6-4-8-17(10-14)23(27,28)29/h3-12,30H,2H2,1H3. The lowest BCUT2D eigenvalue weighted by Crippen LogP contribution is -2.07. The molecule has 0 amide bonds. The minimum atomic E-state index is -4.66. The van der Waals surface area contributed by atoms with Crippen LogP contribution in [0.25, 0.3) is 22.3 Å². The van der Waals surface area contributed by atoms with Crippen molar-refractivity contribution < 1.29 is 41.0 Å². The number of carbonyl (C=O) groups is 1. The van der Waals surface area contributed by atoms with Crippen molar-refractivity contribution >= 4 is 5.97 Å². The predicted octanol–water partition coefficient (Wildman–Crippen LogP) is 6.94. The lowest BCUT2D eigenvalue weighted by molar-refractivity contribution is -0.138. The maximum atomic E-state index is 13.1. The van der Waals surface area contributed by atoms with Crippen LogP contribution in [0.3, 0.4) is 0 Å². The van der Waals surface area contributed by atoms with Crippen molar-refractivity contribution in [3.63, 3.8) is 0 Å². The lowest BCUT2D eigenvalue weighted by Gasteiger charge is -2.16. The topological polar surface area (TPSA) is 46.5 Å². The van der Waals surface area contributed by atoms with Crippen molar-refractivity contribution in [2.45, 2.75) is 19.3 Å². The van der Waals surface area contributed by atoms with Crippen LogP contribution >= 0.6 is 0 Å². The third kappa shape index (κ3) is 4.87. The molecule has 32 heavy (non-hydrogen) atoms. The Labute approximate surface area is 178 Å². The number of benzene rings is 3. The van der Waals surface area contributed by atoms with Crippen LogP contribution < -0.4 is 0 Å². The van der Waals surface area contributed by atoms with Crippen LogP contribution in [0.5, 0.6) is 5.75 Å². The summed E-state index contributed by atoms with van der Waals surface area (Å²) in [6.45, 7) is 1.54. The highest BCUT2D eigenvalue weighted by molar-refractivity contribution is 5.96. The fourth-order valence-corrected chi connectivity index (χ4v) is 3.13. The van der Waals surface area contributed by atoms with Gasteiger partial charge in [0.15, 0.2) is 0 Å². The number of carbonyl (C=O) groups excluding carboxylic acids is 1. The molecule has 0 atom stereocenters. The quantitative estimate of drug-likeness (QED) is 0.343. The Hall–Kier alpha value is -3.49. The van der Waals surface area contributed by atoms with Gasteiger partial charge in [-0.05, 0) is 54.4 Å². The number of aromatic hydroxyl groups is 1. The Morgan fingerprint density at radius 1 is 0.812 bits per heavy atom. The van der Waals surface area contributed by atoms with Crippen molar-refractivity contribution in [1.29, 1.82) is 0 Å². The minimum absolute atomic E-state index is 0.00249. The third-order valence-corrected chi connectivity index (χ3v) is 4.62. The second-order valence-corrected chi connectivity index (χ2v) is 6.80. The number of alkyl halides is 6. The normalized spacial score (nSPS) is 12.0. The summed E-state index contributed by atoms with van der Waals surface area (Å²) in [5, 5.41) is 10.8. The van der Waals surface area contributed by atoms with Crippen LogP contribution in [0.4, 0.5) is 26.3 Å². The summed E-state index contributed by atoms with van der Waals surface area (Å²) in [7, 11) is 0. The monoisotopic (exact) mass is 454 g/mol. The molecule has 9 heteroatoms. The van der Waals surface area contributed by atoms with Gasteiger partial charge in [0.25, 0.3) is 0 Å². The van der Waals surface area contributed by atoms with Gasteiger partial charge in [-0.2, -0.15) is 26.3 Å². The first-order valence-electron chi connectivity index (χ1n) is 9.31. The minimum Gasteiger partial charge on any atom is -0.507 e. The SMILES string of the molecule is CCOC(=O)c1cc(-c2cccc(C(F)(F)F)c2)c(O)c(-c2cccc(C(F)(F)F)c2)c1. The third-order valence-electron chi connectivity index (χ3n) is 4.62. The summed E-state index contributed by atoms with van der Waals surface area (Å²) >= 11 is 0. The average molecular weight is 454 g/mol. The van der Waals surface area contributed by atoms with Gasteiger partial charge in [0.05, 0.1) is 23.3 Å². The number of phenols is 1. The Bertz CT molecular complexity index is 1070. The van der Waals surface area contributed by atoms with E-state index in [2.05, 4.69) is 0 Å². The molecule has 0 aliphatic carbocycles. The second kappa shape index (κ2) is 8.57. The molecule has 0 unspecified atom stereocenters. The smallest absolute Gasteiger partial charge is 0.416 e. The molecule has 0 bridgehead atoms. The number of esters is 1. The van der Waals surface area contributed by atoms with Gasteiger partial charge in [-0.15, -0.1) is 0 Å². The van der Waals surface area contributed by atoms with Gasteiger partial charge in [-0.3, -0.25) is 0 Å². The maximum absolute atomic E-state index is 13.1. The highest BCUT2D eigenvalue weighted by Gasteiger charge is 2.32. The lowest BCUT2D eigenvalue weighted by atomic mass is 9.93. The van der Waals surface area contributed by atoms with Crippen molar-refractivity contribution in [3.8, 4) is 28.0 Å². The summed E-state index contributed by atoms with van der Waals surface area (Å²) < 4.78 is 83.8. The first-order valence-corrected chi connectivity index (χ1v) is 9.31.